The number of nitro benzene ring substituents is 1. The van der Waals surface area contributed by atoms with Gasteiger partial charge in [-0.3, -0.25) is 10.1 Å². The summed E-state index contributed by atoms with van der Waals surface area (Å²) in [5, 5.41) is 18.7. The van der Waals surface area contributed by atoms with Gasteiger partial charge >= 0.3 is 5.97 Å². The lowest BCUT2D eigenvalue weighted by Gasteiger charge is -2.13. The minimum absolute atomic E-state index is 0.0491. The van der Waals surface area contributed by atoms with E-state index in [0.717, 1.165) is 0 Å². The van der Waals surface area contributed by atoms with E-state index in [4.69, 9.17) is 13.6 Å². The van der Waals surface area contributed by atoms with Gasteiger partial charge in [0.05, 0.1) is 16.7 Å². The molecule has 0 aliphatic heterocycles. The minimum atomic E-state index is -0.740. The standard InChI is InChI=1S/C16H14N4O6/c1-19(2)11-6-5-10(8-12(11)20(22)23)16(21)25-9-14-17-18-15(26-14)13-4-3-7-24-13/h3-8H,9H2,1-2H3. The normalized spacial score (nSPS) is 10.5. The molecule has 3 rings (SSSR count). The van der Waals surface area contributed by atoms with Crippen molar-refractivity contribution in [1.82, 2.24) is 10.2 Å². The molecule has 2 aromatic heterocycles. The van der Waals surface area contributed by atoms with E-state index in [9.17, 15) is 14.9 Å². The molecule has 0 aliphatic rings. The molecule has 2 heterocycles. The van der Waals surface area contributed by atoms with Crippen LogP contribution < -0.4 is 4.90 Å². The summed E-state index contributed by atoms with van der Waals surface area (Å²) < 4.78 is 15.5. The van der Waals surface area contributed by atoms with Gasteiger partial charge in [-0.1, -0.05) is 0 Å². The number of carbonyl (C=O) groups excluding carboxylic acids is 1. The van der Waals surface area contributed by atoms with E-state index in [1.807, 2.05) is 0 Å². The zero-order chi connectivity index (χ0) is 18.7. The number of carbonyl (C=O) groups is 1. The molecule has 26 heavy (non-hydrogen) atoms. The molecule has 0 unspecified atom stereocenters. The second kappa shape index (κ2) is 7.05. The second-order valence-corrected chi connectivity index (χ2v) is 5.41. The van der Waals surface area contributed by atoms with E-state index in [-0.39, 0.29) is 29.6 Å². The largest absolute Gasteiger partial charge is 0.459 e. The average Bonchev–Trinajstić information content (AvgIpc) is 3.30. The van der Waals surface area contributed by atoms with Crippen molar-refractivity contribution in [3.63, 3.8) is 0 Å². The first kappa shape index (κ1) is 17.1. The number of benzene rings is 1. The zero-order valence-corrected chi connectivity index (χ0v) is 13.9. The van der Waals surface area contributed by atoms with Gasteiger partial charge in [0, 0.05) is 20.2 Å². The summed E-state index contributed by atoms with van der Waals surface area (Å²) in [5.74, 6) is -0.114. The zero-order valence-electron chi connectivity index (χ0n) is 13.9. The SMILES string of the molecule is CN(C)c1ccc(C(=O)OCc2nnc(-c3ccco3)o2)cc1[N+](=O)[O-]. The molecule has 0 saturated heterocycles. The molecule has 134 valence electrons. The van der Waals surface area contributed by atoms with Crippen molar-refractivity contribution in [3.8, 4) is 11.7 Å². The van der Waals surface area contributed by atoms with Crippen LogP contribution in [0.5, 0.6) is 0 Å². The lowest BCUT2D eigenvalue weighted by atomic mass is 10.1. The predicted octanol–water partition coefficient (Wildman–Crippen LogP) is 2.66. The Balaban J connectivity index is 1.70. The highest BCUT2D eigenvalue weighted by atomic mass is 16.6. The summed E-state index contributed by atoms with van der Waals surface area (Å²) in [6.07, 6.45) is 1.46. The smallest absolute Gasteiger partial charge is 0.338 e. The Kier molecular flexibility index (Phi) is 4.65. The lowest BCUT2D eigenvalue weighted by molar-refractivity contribution is -0.384. The minimum Gasteiger partial charge on any atom is -0.459 e. The number of nitro groups is 1. The number of rotatable bonds is 6. The highest BCUT2D eigenvalue weighted by Gasteiger charge is 2.20. The summed E-state index contributed by atoms with van der Waals surface area (Å²) in [4.78, 5) is 24.4. The van der Waals surface area contributed by atoms with E-state index in [1.165, 1.54) is 24.5 Å². The lowest BCUT2D eigenvalue weighted by Crippen LogP contribution is -2.12. The van der Waals surface area contributed by atoms with Crippen LogP contribution in [0.2, 0.25) is 0 Å². The summed E-state index contributed by atoms with van der Waals surface area (Å²) >= 11 is 0. The third kappa shape index (κ3) is 3.53. The Morgan fingerprint density at radius 1 is 1.31 bits per heavy atom. The third-order valence-corrected chi connectivity index (χ3v) is 3.42. The molecule has 3 aromatic rings. The Hall–Kier alpha value is -3.69. The molecule has 0 fully saturated rings. The molecule has 0 atom stereocenters. The Morgan fingerprint density at radius 2 is 2.12 bits per heavy atom. The summed E-state index contributed by atoms with van der Waals surface area (Å²) in [6.45, 7) is -0.268. The van der Waals surface area contributed by atoms with Crippen LogP contribution >= 0.6 is 0 Å². The fourth-order valence-corrected chi connectivity index (χ4v) is 2.20. The highest BCUT2D eigenvalue weighted by molar-refractivity contribution is 5.91. The predicted molar refractivity (Wildman–Crippen MR) is 88.5 cm³/mol. The van der Waals surface area contributed by atoms with Gasteiger partial charge < -0.3 is 18.5 Å². The molecular weight excluding hydrogens is 344 g/mol. The highest BCUT2D eigenvalue weighted by Crippen LogP contribution is 2.28. The van der Waals surface area contributed by atoms with Gasteiger partial charge in [-0.05, 0) is 24.3 Å². The number of hydrogen-bond acceptors (Lipinski definition) is 9. The molecule has 0 bridgehead atoms. The number of hydrogen-bond donors (Lipinski definition) is 0. The van der Waals surface area contributed by atoms with Crippen molar-refractivity contribution < 1.29 is 23.3 Å². The van der Waals surface area contributed by atoms with Crippen molar-refractivity contribution in [2.24, 2.45) is 0 Å². The van der Waals surface area contributed by atoms with Crippen molar-refractivity contribution in [2.45, 2.75) is 6.61 Å². The van der Waals surface area contributed by atoms with Crippen LogP contribution in [-0.2, 0) is 11.3 Å². The van der Waals surface area contributed by atoms with Crippen LogP contribution in [-0.4, -0.2) is 35.2 Å². The van der Waals surface area contributed by atoms with Gasteiger partial charge in [-0.2, -0.15) is 0 Å². The van der Waals surface area contributed by atoms with Crippen molar-refractivity contribution in [3.05, 3.63) is 58.2 Å². The first-order valence-electron chi connectivity index (χ1n) is 7.45. The number of ether oxygens (including phenoxy) is 1. The topological polar surface area (TPSA) is 125 Å². The van der Waals surface area contributed by atoms with Gasteiger partial charge in [-0.25, -0.2) is 4.79 Å². The quantitative estimate of drug-likeness (QED) is 0.371. The first-order valence-corrected chi connectivity index (χ1v) is 7.45. The van der Waals surface area contributed by atoms with Gasteiger partial charge in [0.15, 0.2) is 12.4 Å². The van der Waals surface area contributed by atoms with Crippen LogP contribution in [0.3, 0.4) is 0 Å². The van der Waals surface area contributed by atoms with Gasteiger partial charge in [0.25, 0.3) is 17.5 Å². The van der Waals surface area contributed by atoms with E-state index >= 15 is 0 Å². The number of furan rings is 1. The maximum atomic E-state index is 12.1. The molecule has 0 saturated carbocycles. The van der Waals surface area contributed by atoms with Crippen molar-refractivity contribution >= 4 is 17.3 Å². The third-order valence-electron chi connectivity index (χ3n) is 3.42. The monoisotopic (exact) mass is 358 g/mol. The van der Waals surface area contributed by atoms with E-state index in [1.54, 1.807) is 31.1 Å². The molecule has 0 aliphatic carbocycles. The first-order chi connectivity index (χ1) is 12.5. The van der Waals surface area contributed by atoms with E-state index in [2.05, 4.69) is 10.2 Å². The van der Waals surface area contributed by atoms with Gasteiger partial charge in [-0.15, -0.1) is 10.2 Å². The molecule has 10 heteroatoms. The van der Waals surface area contributed by atoms with E-state index in [0.29, 0.717) is 11.4 Å². The molecule has 1 aromatic carbocycles. The van der Waals surface area contributed by atoms with Gasteiger partial charge in [0.2, 0.25) is 0 Å². The second-order valence-electron chi connectivity index (χ2n) is 5.41. The van der Waals surface area contributed by atoms with Crippen LogP contribution in [0.15, 0.2) is 45.4 Å². The number of anilines is 1. The van der Waals surface area contributed by atoms with Crippen LogP contribution in [0.4, 0.5) is 11.4 Å². The molecule has 0 radical (unpaired) electrons. The van der Waals surface area contributed by atoms with E-state index < -0.39 is 10.9 Å². The van der Waals surface area contributed by atoms with Crippen molar-refractivity contribution in [1.29, 1.82) is 0 Å². The number of nitrogens with zero attached hydrogens (tertiary/aromatic N) is 4. The average molecular weight is 358 g/mol. The fraction of sp³-hybridized carbons (Fsp3) is 0.188. The molecule has 0 N–H and O–H groups in total. The van der Waals surface area contributed by atoms with Crippen LogP contribution in [0.25, 0.3) is 11.7 Å². The van der Waals surface area contributed by atoms with Crippen LogP contribution in [0.1, 0.15) is 16.2 Å². The maximum Gasteiger partial charge on any atom is 0.338 e. The Labute approximate surface area is 147 Å². The van der Waals surface area contributed by atoms with Gasteiger partial charge in [0.1, 0.15) is 5.69 Å². The maximum absolute atomic E-state index is 12.1. The molecule has 0 spiro atoms. The Morgan fingerprint density at radius 3 is 2.77 bits per heavy atom. The Bertz CT molecular complexity index is 932. The summed E-state index contributed by atoms with van der Waals surface area (Å²) in [7, 11) is 3.35. The van der Waals surface area contributed by atoms with Crippen molar-refractivity contribution in [2.75, 3.05) is 19.0 Å². The number of aromatic nitrogens is 2. The molecule has 0 amide bonds. The number of esters is 1. The fourth-order valence-electron chi connectivity index (χ4n) is 2.20. The molecule has 10 nitrogen and oxygen atoms in total. The molecular formula is C16H14N4O6. The summed E-state index contributed by atoms with van der Waals surface area (Å²) in [6, 6.07) is 7.42. The van der Waals surface area contributed by atoms with Crippen LogP contribution in [0, 0.1) is 10.1 Å². The summed E-state index contributed by atoms with van der Waals surface area (Å²) in [5.41, 5.74) is 0.238.